The number of aldehydes is 1. The lowest BCUT2D eigenvalue weighted by Crippen LogP contribution is -2.16. The maximum absolute atomic E-state index is 11.6. The number of unbranched alkanes of at least 4 members (excludes halogenated alkanes) is 1. The molecule has 0 amide bonds. The SMILES string of the molecule is CCCCn1cnc2ncnc-2c1C(=O)C=O. The molecule has 0 aromatic carbocycles. The van der Waals surface area contributed by atoms with E-state index < -0.39 is 5.78 Å². The van der Waals surface area contributed by atoms with Crippen LogP contribution in [0.1, 0.15) is 30.3 Å². The first kappa shape index (κ1) is 11.4. The van der Waals surface area contributed by atoms with Crippen molar-refractivity contribution >= 4 is 12.1 Å². The number of nitrogens with zero attached hydrogens (tertiary/aromatic N) is 4. The highest BCUT2D eigenvalue weighted by Gasteiger charge is 2.21. The first-order chi connectivity index (χ1) is 8.27. The molecule has 0 aromatic rings. The van der Waals surface area contributed by atoms with Gasteiger partial charge < -0.3 is 4.57 Å². The molecule has 0 saturated heterocycles. The van der Waals surface area contributed by atoms with Gasteiger partial charge in [-0.15, -0.1) is 0 Å². The van der Waals surface area contributed by atoms with Crippen molar-refractivity contribution in [1.29, 1.82) is 0 Å². The minimum Gasteiger partial charge on any atom is -0.327 e. The molecular weight excluding hydrogens is 220 g/mol. The molecule has 0 radical (unpaired) electrons. The van der Waals surface area contributed by atoms with Crippen LogP contribution in [0.25, 0.3) is 11.5 Å². The number of Topliss-reactive ketones (excluding diaryl/α,β-unsaturated/α-hetero) is 1. The Labute approximate surface area is 98.1 Å². The highest BCUT2D eigenvalue weighted by atomic mass is 16.2. The number of carbonyl (C=O) groups excluding carboxylic acids is 2. The lowest BCUT2D eigenvalue weighted by molar-refractivity contribution is -0.104. The summed E-state index contributed by atoms with van der Waals surface area (Å²) >= 11 is 0. The molecule has 2 heterocycles. The van der Waals surface area contributed by atoms with Crippen LogP contribution in [0.3, 0.4) is 0 Å². The molecule has 0 aliphatic carbocycles. The van der Waals surface area contributed by atoms with Crippen molar-refractivity contribution in [1.82, 2.24) is 19.5 Å². The average molecular weight is 232 g/mol. The number of imidazole rings is 1. The number of aromatic nitrogens is 4. The van der Waals surface area contributed by atoms with Crippen molar-refractivity contribution in [2.24, 2.45) is 0 Å². The Hall–Kier alpha value is -2.11. The number of hydrogen-bond donors (Lipinski definition) is 0. The van der Waals surface area contributed by atoms with Crippen LogP contribution < -0.4 is 0 Å². The van der Waals surface area contributed by atoms with Crippen molar-refractivity contribution in [2.45, 2.75) is 26.3 Å². The summed E-state index contributed by atoms with van der Waals surface area (Å²) < 4.78 is 1.66. The largest absolute Gasteiger partial charge is 0.327 e. The number of carbonyl (C=O) groups is 2. The van der Waals surface area contributed by atoms with Gasteiger partial charge >= 0.3 is 0 Å². The van der Waals surface area contributed by atoms with E-state index in [1.165, 1.54) is 12.7 Å². The minimum absolute atomic E-state index is 0.274. The Kier molecular flexibility index (Phi) is 3.22. The topological polar surface area (TPSA) is 77.7 Å². The summed E-state index contributed by atoms with van der Waals surface area (Å²) in [6, 6.07) is 0. The molecule has 88 valence electrons. The van der Waals surface area contributed by atoms with Crippen molar-refractivity contribution in [3.05, 3.63) is 18.3 Å². The second-order valence-electron chi connectivity index (χ2n) is 3.67. The fourth-order valence-corrected chi connectivity index (χ4v) is 1.65. The summed E-state index contributed by atoms with van der Waals surface area (Å²) in [7, 11) is 0. The molecule has 17 heavy (non-hydrogen) atoms. The van der Waals surface area contributed by atoms with Crippen LogP contribution in [0.15, 0.2) is 12.7 Å². The van der Waals surface area contributed by atoms with Crippen LogP contribution in [0, 0.1) is 0 Å². The van der Waals surface area contributed by atoms with E-state index in [9.17, 15) is 9.59 Å². The highest BCUT2D eigenvalue weighted by molar-refractivity contribution is 6.34. The molecule has 0 N–H and O–H groups in total. The molecule has 0 aromatic heterocycles. The zero-order valence-corrected chi connectivity index (χ0v) is 9.46. The number of aryl methyl sites for hydroxylation is 1. The van der Waals surface area contributed by atoms with Gasteiger partial charge in [0, 0.05) is 6.54 Å². The number of fused-ring (bicyclic) bond motifs is 1. The summed E-state index contributed by atoms with van der Waals surface area (Å²) in [5.74, 6) is -0.197. The van der Waals surface area contributed by atoms with Crippen LogP contribution >= 0.6 is 0 Å². The van der Waals surface area contributed by atoms with E-state index in [1.54, 1.807) is 4.57 Å². The van der Waals surface area contributed by atoms with Crippen molar-refractivity contribution in [2.75, 3.05) is 0 Å². The molecule has 0 atom stereocenters. The van der Waals surface area contributed by atoms with Gasteiger partial charge in [0.05, 0.1) is 6.33 Å². The summed E-state index contributed by atoms with van der Waals surface area (Å²) in [5.41, 5.74) is 0.664. The van der Waals surface area contributed by atoms with Gasteiger partial charge in [-0.3, -0.25) is 9.59 Å². The van der Waals surface area contributed by atoms with Crippen LogP contribution in [0.5, 0.6) is 0 Å². The van der Waals surface area contributed by atoms with E-state index in [4.69, 9.17) is 0 Å². The first-order valence-electron chi connectivity index (χ1n) is 5.43. The molecule has 2 aliphatic heterocycles. The van der Waals surface area contributed by atoms with Crippen LogP contribution in [0.4, 0.5) is 0 Å². The lowest BCUT2D eigenvalue weighted by atomic mass is 10.2. The third kappa shape index (κ3) is 2.06. The summed E-state index contributed by atoms with van der Waals surface area (Å²) in [6.45, 7) is 2.69. The van der Waals surface area contributed by atoms with Crippen LogP contribution in [-0.4, -0.2) is 31.6 Å². The van der Waals surface area contributed by atoms with Crippen molar-refractivity contribution in [3.8, 4) is 11.5 Å². The zero-order chi connectivity index (χ0) is 12.3. The van der Waals surface area contributed by atoms with Gasteiger partial charge in [-0.05, 0) is 6.42 Å². The number of hydrogen-bond acceptors (Lipinski definition) is 5. The van der Waals surface area contributed by atoms with Gasteiger partial charge in [0.25, 0.3) is 0 Å². The van der Waals surface area contributed by atoms with E-state index in [-0.39, 0.29) is 5.69 Å². The molecule has 2 rings (SSSR count). The smallest absolute Gasteiger partial charge is 0.244 e. The lowest BCUT2D eigenvalue weighted by Gasteiger charge is -2.12. The summed E-state index contributed by atoms with van der Waals surface area (Å²) in [5, 5.41) is 0. The highest BCUT2D eigenvalue weighted by Crippen LogP contribution is 2.19. The van der Waals surface area contributed by atoms with Crippen molar-refractivity contribution < 1.29 is 9.59 Å². The average Bonchev–Trinajstić information content (AvgIpc) is 2.82. The Morgan fingerprint density at radius 2 is 2.24 bits per heavy atom. The fraction of sp³-hybridized carbons (Fsp3) is 0.364. The quantitative estimate of drug-likeness (QED) is 0.436. The second-order valence-corrected chi connectivity index (χ2v) is 3.67. The Bertz CT molecular complexity index is 520. The van der Waals surface area contributed by atoms with E-state index in [0.717, 1.165) is 12.8 Å². The molecule has 6 heteroatoms. The van der Waals surface area contributed by atoms with E-state index >= 15 is 0 Å². The molecule has 0 saturated carbocycles. The monoisotopic (exact) mass is 232 g/mol. The predicted octanol–water partition coefficient (Wildman–Crippen LogP) is 0.960. The Balaban J connectivity index is 2.53. The normalized spacial score (nSPS) is 10.6. The molecule has 0 fully saturated rings. The molecular formula is C11H12N4O2. The Morgan fingerprint density at radius 1 is 1.41 bits per heavy atom. The van der Waals surface area contributed by atoms with Crippen LogP contribution in [0.2, 0.25) is 0 Å². The third-order valence-electron chi connectivity index (χ3n) is 2.50. The standard InChI is InChI=1S/C11H12N4O2/c1-2-3-4-15-7-14-11-9(12-6-13-11)10(15)8(17)5-16/h5-7H,2-4H2,1H3. The minimum atomic E-state index is -0.589. The van der Waals surface area contributed by atoms with E-state index in [0.29, 0.717) is 24.3 Å². The molecule has 0 bridgehead atoms. The van der Waals surface area contributed by atoms with Gasteiger partial charge in [0.15, 0.2) is 12.1 Å². The fourth-order valence-electron chi connectivity index (χ4n) is 1.65. The molecule has 6 nitrogen and oxygen atoms in total. The van der Waals surface area contributed by atoms with Gasteiger partial charge in [0.1, 0.15) is 17.7 Å². The number of rotatable bonds is 5. The van der Waals surface area contributed by atoms with Gasteiger partial charge in [-0.25, -0.2) is 15.0 Å². The second kappa shape index (κ2) is 4.82. The summed E-state index contributed by atoms with van der Waals surface area (Å²) in [4.78, 5) is 34.3. The Morgan fingerprint density at radius 3 is 2.94 bits per heavy atom. The third-order valence-corrected chi connectivity index (χ3v) is 2.50. The van der Waals surface area contributed by atoms with Gasteiger partial charge in [-0.1, -0.05) is 13.3 Å². The zero-order valence-electron chi connectivity index (χ0n) is 9.46. The maximum atomic E-state index is 11.6. The van der Waals surface area contributed by atoms with E-state index in [2.05, 4.69) is 21.9 Å². The molecule has 0 unspecified atom stereocenters. The molecule has 2 aliphatic rings. The molecule has 0 spiro atoms. The number of ketones is 1. The first-order valence-corrected chi connectivity index (χ1v) is 5.43. The van der Waals surface area contributed by atoms with Gasteiger partial charge in [-0.2, -0.15) is 0 Å². The summed E-state index contributed by atoms with van der Waals surface area (Å²) in [6.07, 6.45) is 5.07. The maximum Gasteiger partial charge on any atom is 0.244 e. The van der Waals surface area contributed by atoms with Crippen molar-refractivity contribution in [3.63, 3.8) is 0 Å². The predicted molar refractivity (Wildman–Crippen MR) is 59.7 cm³/mol. The van der Waals surface area contributed by atoms with Gasteiger partial charge in [0.2, 0.25) is 5.78 Å². The van der Waals surface area contributed by atoms with Crippen LogP contribution in [-0.2, 0) is 11.3 Å². The van der Waals surface area contributed by atoms with E-state index in [1.807, 2.05) is 0 Å².